The van der Waals surface area contributed by atoms with Gasteiger partial charge in [-0.15, -0.1) is 11.3 Å². The largest absolute Gasteiger partial charge is 0.339 e. The molecule has 6 rings (SSSR count). The van der Waals surface area contributed by atoms with Gasteiger partial charge in [0.15, 0.2) is 5.78 Å². The number of carbonyl (C=O) groups excluding carboxylic acids is 1. The topological polar surface area (TPSA) is 101 Å². The van der Waals surface area contributed by atoms with E-state index in [4.69, 9.17) is 0 Å². The first-order valence-corrected chi connectivity index (χ1v) is 13.8. The number of carbonyl (C=O) groups is 1. The van der Waals surface area contributed by atoms with Gasteiger partial charge in [0.05, 0.1) is 39.7 Å². The average Bonchev–Trinajstić information content (AvgIpc) is 3.65. The lowest BCUT2D eigenvalue weighted by Gasteiger charge is -2.15. The molecule has 1 aliphatic rings. The van der Waals surface area contributed by atoms with Gasteiger partial charge in [-0.05, 0) is 36.6 Å². The first-order chi connectivity index (χ1) is 18.3. The van der Waals surface area contributed by atoms with Crippen molar-refractivity contribution in [3.8, 4) is 22.5 Å². The molecule has 9 heteroatoms. The molecule has 1 aromatic carbocycles. The van der Waals surface area contributed by atoms with E-state index < -0.39 is 0 Å². The minimum atomic E-state index is -0.0437. The van der Waals surface area contributed by atoms with Crippen molar-refractivity contribution >= 4 is 28.2 Å². The molecule has 0 bridgehead atoms. The molecule has 0 fully saturated rings. The van der Waals surface area contributed by atoms with E-state index in [-0.39, 0.29) is 11.2 Å². The van der Waals surface area contributed by atoms with Crippen molar-refractivity contribution in [3.63, 3.8) is 0 Å². The zero-order valence-corrected chi connectivity index (χ0v) is 22.9. The van der Waals surface area contributed by atoms with E-state index >= 15 is 0 Å². The summed E-state index contributed by atoms with van der Waals surface area (Å²) >= 11 is 1.51. The summed E-state index contributed by atoms with van der Waals surface area (Å²) in [5, 5.41) is 9.96. The number of nitrogens with one attached hydrogen (secondary N) is 2. The van der Waals surface area contributed by atoms with Gasteiger partial charge in [0.25, 0.3) is 0 Å². The van der Waals surface area contributed by atoms with E-state index in [1.807, 2.05) is 6.20 Å². The molecule has 0 atom stereocenters. The molecule has 0 spiro atoms. The molecule has 5 heterocycles. The maximum atomic E-state index is 12.8. The highest BCUT2D eigenvalue weighted by Gasteiger charge is 2.21. The Bertz CT molecular complexity index is 1650. The van der Waals surface area contributed by atoms with Crippen LogP contribution in [0.1, 0.15) is 58.7 Å². The van der Waals surface area contributed by atoms with Crippen molar-refractivity contribution < 1.29 is 4.79 Å². The molecule has 5 aromatic rings. The fourth-order valence-corrected chi connectivity index (χ4v) is 5.91. The Hall–Kier alpha value is -3.69. The third-order valence-corrected chi connectivity index (χ3v) is 8.58. The molecule has 1 aliphatic heterocycles. The standard InChI is InChI=1S/C29H31N7OS/c1-17-11-19(6-5-18(17)7-8-24(37)25-15-31-28(38-25)29(2,3)4)26-20-12-22(35-27(20)33-16-32-26)21-13-34-36-10-9-30-14-23(21)36/h5-6,11-13,15-16,30H,7-10,14H2,1-4H3,(H,32,33,35). The monoisotopic (exact) mass is 525 g/mol. The number of fused-ring (bicyclic) bond motifs is 2. The maximum Gasteiger partial charge on any atom is 0.174 e. The van der Waals surface area contributed by atoms with Crippen LogP contribution >= 0.6 is 11.3 Å². The summed E-state index contributed by atoms with van der Waals surface area (Å²) in [5.41, 5.74) is 8.27. The summed E-state index contributed by atoms with van der Waals surface area (Å²) in [4.78, 5) is 30.6. The van der Waals surface area contributed by atoms with Gasteiger partial charge in [-0.25, -0.2) is 15.0 Å². The van der Waals surface area contributed by atoms with Crippen LogP contribution in [0.15, 0.2) is 43.0 Å². The van der Waals surface area contributed by atoms with E-state index in [0.29, 0.717) is 12.8 Å². The van der Waals surface area contributed by atoms with Crippen LogP contribution in [0.3, 0.4) is 0 Å². The Kier molecular flexibility index (Phi) is 6.20. The SMILES string of the molecule is Cc1cc(-c2ncnc3[nH]c(-c4cnn5c4CNCC5)cc23)ccc1CCC(=O)c1cnc(C(C)(C)C)s1. The molecule has 194 valence electrons. The van der Waals surface area contributed by atoms with E-state index in [1.165, 1.54) is 22.6 Å². The quantitative estimate of drug-likeness (QED) is 0.285. The van der Waals surface area contributed by atoms with Crippen LogP contribution in [-0.4, -0.2) is 42.0 Å². The van der Waals surface area contributed by atoms with Crippen molar-refractivity contribution in [1.29, 1.82) is 0 Å². The molecular weight excluding hydrogens is 494 g/mol. The third-order valence-electron chi connectivity index (χ3n) is 7.12. The highest BCUT2D eigenvalue weighted by molar-refractivity contribution is 7.13. The van der Waals surface area contributed by atoms with Crippen molar-refractivity contribution in [1.82, 2.24) is 35.0 Å². The van der Waals surface area contributed by atoms with Crippen molar-refractivity contribution in [2.75, 3.05) is 6.54 Å². The zero-order valence-electron chi connectivity index (χ0n) is 22.1. The summed E-state index contributed by atoms with van der Waals surface area (Å²) in [7, 11) is 0. The second-order valence-corrected chi connectivity index (χ2v) is 11.9. The summed E-state index contributed by atoms with van der Waals surface area (Å²) in [6.07, 6.45) is 6.43. The molecule has 0 radical (unpaired) electrons. The van der Waals surface area contributed by atoms with Gasteiger partial charge in [0.1, 0.15) is 12.0 Å². The Balaban J connectivity index is 1.23. The third kappa shape index (κ3) is 4.56. The predicted octanol–water partition coefficient (Wildman–Crippen LogP) is 5.47. The number of rotatable bonds is 6. The lowest BCUT2D eigenvalue weighted by Crippen LogP contribution is -2.28. The van der Waals surface area contributed by atoms with Gasteiger partial charge in [0.2, 0.25) is 0 Å². The smallest absolute Gasteiger partial charge is 0.174 e. The lowest BCUT2D eigenvalue weighted by molar-refractivity contribution is 0.0986. The van der Waals surface area contributed by atoms with Crippen molar-refractivity contribution in [2.45, 2.75) is 59.0 Å². The number of aromatic nitrogens is 6. The highest BCUT2D eigenvalue weighted by Crippen LogP contribution is 2.33. The molecule has 0 saturated carbocycles. The van der Waals surface area contributed by atoms with Crippen LogP contribution in [-0.2, 0) is 24.9 Å². The highest BCUT2D eigenvalue weighted by atomic mass is 32.1. The number of thiazole rings is 1. The number of Topliss-reactive ketones (excluding diaryl/α,β-unsaturated/α-hetero) is 1. The Morgan fingerprint density at radius 3 is 2.79 bits per heavy atom. The summed E-state index contributed by atoms with van der Waals surface area (Å²) in [5.74, 6) is 0.149. The zero-order chi connectivity index (χ0) is 26.4. The van der Waals surface area contributed by atoms with Crippen LogP contribution in [0.2, 0.25) is 0 Å². The van der Waals surface area contributed by atoms with E-state index in [0.717, 1.165) is 68.6 Å². The first kappa shape index (κ1) is 24.6. The Morgan fingerprint density at radius 2 is 2.00 bits per heavy atom. The first-order valence-electron chi connectivity index (χ1n) is 13.0. The fourth-order valence-electron chi connectivity index (χ4n) is 4.97. The minimum Gasteiger partial charge on any atom is -0.339 e. The molecule has 38 heavy (non-hydrogen) atoms. The molecule has 0 saturated heterocycles. The molecular formula is C29H31N7OS. The normalized spacial score (nSPS) is 13.7. The van der Waals surface area contributed by atoms with Gasteiger partial charge >= 0.3 is 0 Å². The van der Waals surface area contributed by atoms with Gasteiger partial charge in [-0.1, -0.05) is 32.9 Å². The number of nitrogens with zero attached hydrogens (tertiary/aromatic N) is 5. The molecule has 8 nitrogen and oxygen atoms in total. The van der Waals surface area contributed by atoms with Gasteiger partial charge in [-0.2, -0.15) is 5.10 Å². The van der Waals surface area contributed by atoms with Crippen LogP contribution in [0.4, 0.5) is 0 Å². The second-order valence-electron chi connectivity index (χ2n) is 10.9. The number of benzene rings is 1. The van der Waals surface area contributed by atoms with Gasteiger partial charge < -0.3 is 10.3 Å². The number of aromatic amines is 1. The molecule has 0 aliphatic carbocycles. The van der Waals surface area contributed by atoms with Crippen molar-refractivity contribution in [3.05, 3.63) is 69.7 Å². The molecule has 2 N–H and O–H groups in total. The maximum absolute atomic E-state index is 12.8. The molecule has 4 aromatic heterocycles. The number of aryl methyl sites for hydroxylation is 2. The summed E-state index contributed by atoms with van der Waals surface area (Å²) < 4.78 is 2.06. The lowest BCUT2D eigenvalue weighted by atomic mass is 9.98. The summed E-state index contributed by atoms with van der Waals surface area (Å²) in [6, 6.07) is 8.49. The molecule has 0 unspecified atom stereocenters. The van der Waals surface area contributed by atoms with E-state index in [2.05, 4.69) is 87.0 Å². The fraction of sp³-hybridized carbons (Fsp3) is 0.345. The van der Waals surface area contributed by atoms with Crippen LogP contribution in [0.25, 0.3) is 33.5 Å². The van der Waals surface area contributed by atoms with Gasteiger partial charge in [0, 0.05) is 47.6 Å². The minimum absolute atomic E-state index is 0.0437. The second kappa shape index (κ2) is 9.56. The number of hydrogen-bond acceptors (Lipinski definition) is 7. The average molecular weight is 526 g/mol. The Morgan fingerprint density at radius 1 is 1.13 bits per heavy atom. The van der Waals surface area contributed by atoms with E-state index in [9.17, 15) is 4.79 Å². The van der Waals surface area contributed by atoms with Crippen LogP contribution in [0.5, 0.6) is 0 Å². The summed E-state index contributed by atoms with van der Waals surface area (Å²) in [6.45, 7) is 11.1. The van der Waals surface area contributed by atoms with E-state index in [1.54, 1.807) is 12.5 Å². The van der Waals surface area contributed by atoms with Gasteiger partial charge in [-0.3, -0.25) is 9.48 Å². The number of H-pyrrole nitrogens is 1. The Labute approximate surface area is 225 Å². The number of hydrogen-bond donors (Lipinski definition) is 2. The van der Waals surface area contributed by atoms with Crippen LogP contribution < -0.4 is 5.32 Å². The predicted molar refractivity (Wildman–Crippen MR) is 150 cm³/mol. The molecule has 0 amide bonds. The van der Waals surface area contributed by atoms with Crippen LogP contribution in [0, 0.1) is 6.92 Å². The van der Waals surface area contributed by atoms with Crippen molar-refractivity contribution in [2.24, 2.45) is 0 Å². The number of ketones is 1.